The molecular formula is C22H20Cl2N2O5. The summed E-state index contributed by atoms with van der Waals surface area (Å²) in [5.41, 5.74) is 1.10. The van der Waals surface area contributed by atoms with Gasteiger partial charge in [-0.2, -0.15) is 5.26 Å². The number of amides is 1. The second-order valence-electron chi connectivity index (χ2n) is 6.11. The van der Waals surface area contributed by atoms with Crippen molar-refractivity contribution in [3.63, 3.8) is 0 Å². The maximum Gasteiger partial charge on any atom is 0.331 e. The zero-order valence-electron chi connectivity index (χ0n) is 16.9. The second-order valence-corrected chi connectivity index (χ2v) is 6.96. The van der Waals surface area contributed by atoms with Gasteiger partial charge in [-0.15, -0.1) is 0 Å². The van der Waals surface area contributed by atoms with Gasteiger partial charge in [-0.3, -0.25) is 4.79 Å². The maximum atomic E-state index is 12.6. The predicted molar refractivity (Wildman–Crippen MR) is 119 cm³/mol. The molecular weight excluding hydrogens is 443 g/mol. The van der Waals surface area contributed by atoms with Crippen molar-refractivity contribution in [3.8, 4) is 17.6 Å². The van der Waals surface area contributed by atoms with Gasteiger partial charge < -0.3 is 19.1 Å². The fourth-order valence-corrected chi connectivity index (χ4v) is 3.14. The van der Waals surface area contributed by atoms with Crippen LogP contribution < -0.4 is 14.4 Å². The lowest BCUT2D eigenvalue weighted by molar-refractivity contribution is -0.142. The quantitative estimate of drug-likeness (QED) is 0.402. The normalized spacial score (nSPS) is 10.4. The van der Waals surface area contributed by atoms with E-state index in [-0.39, 0.29) is 13.0 Å². The van der Waals surface area contributed by atoms with Crippen molar-refractivity contribution in [1.29, 1.82) is 5.26 Å². The third-order valence-electron chi connectivity index (χ3n) is 4.07. The number of hydrogen-bond acceptors (Lipinski definition) is 6. The standard InChI is InChI=1S/C22H20Cl2N2O5/c1-29-19-12-15(11-18(24)22(19)30-2)7-8-21(28)31-14-20(27)26(10-4-9-25)17-6-3-5-16(23)13-17/h3,5-8,11-13H,4,10,14H2,1-2H3/b8-7+. The summed E-state index contributed by atoms with van der Waals surface area (Å²) < 4.78 is 15.4. The van der Waals surface area contributed by atoms with Gasteiger partial charge in [0, 0.05) is 23.3 Å². The van der Waals surface area contributed by atoms with E-state index in [0.717, 1.165) is 0 Å². The minimum Gasteiger partial charge on any atom is -0.493 e. The number of carbonyl (C=O) groups is 2. The van der Waals surface area contributed by atoms with Crippen molar-refractivity contribution in [2.75, 3.05) is 32.3 Å². The van der Waals surface area contributed by atoms with Crippen LogP contribution in [0, 0.1) is 11.3 Å². The number of nitrogens with zero attached hydrogens (tertiary/aromatic N) is 2. The molecule has 0 fully saturated rings. The number of hydrogen-bond donors (Lipinski definition) is 0. The van der Waals surface area contributed by atoms with E-state index in [2.05, 4.69) is 0 Å². The Morgan fingerprint density at radius 3 is 2.58 bits per heavy atom. The summed E-state index contributed by atoms with van der Waals surface area (Å²) in [6.07, 6.45) is 2.76. The second kappa shape index (κ2) is 11.8. The molecule has 7 nitrogen and oxygen atoms in total. The molecule has 0 N–H and O–H groups in total. The average Bonchev–Trinajstić information content (AvgIpc) is 2.76. The highest BCUT2D eigenvalue weighted by molar-refractivity contribution is 6.32. The van der Waals surface area contributed by atoms with E-state index in [4.69, 9.17) is 42.7 Å². The van der Waals surface area contributed by atoms with E-state index in [0.29, 0.717) is 32.8 Å². The van der Waals surface area contributed by atoms with Crippen LogP contribution in [0.5, 0.6) is 11.5 Å². The van der Waals surface area contributed by atoms with Crippen molar-refractivity contribution >= 4 is 46.8 Å². The lowest BCUT2D eigenvalue weighted by atomic mass is 10.2. The summed E-state index contributed by atoms with van der Waals surface area (Å²) in [6, 6.07) is 11.9. The van der Waals surface area contributed by atoms with Gasteiger partial charge in [0.15, 0.2) is 18.1 Å². The Morgan fingerprint density at radius 2 is 1.94 bits per heavy atom. The average molecular weight is 463 g/mol. The summed E-state index contributed by atoms with van der Waals surface area (Å²) in [5, 5.41) is 9.61. The Kier molecular flexibility index (Phi) is 9.19. The fraction of sp³-hybridized carbons (Fsp3) is 0.227. The first-order chi connectivity index (χ1) is 14.9. The summed E-state index contributed by atoms with van der Waals surface area (Å²) in [7, 11) is 2.94. The lowest BCUT2D eigenvalue weighted by Crippen LogP contribution is -2.35. The molecule has 0 spiro atoms. The topological polar surface area (TPSA) is 88.9 Å². The summed E-state index contributed by atoms with van der Waals surface area (Å²) in [4.78, 5) is 26.0. The lowest BCUT2D eigenvalue weighted by Gasteiger charge is -2.21. The molecule has 0 bridgehead atoms. The zero-order valence-corrected chi connectivity index (χ0v) is 18.4. The highest BCUT2D eigenvalue weighted by atomic mass is 35.5. The minimum atomic E-state index is -0.717. The van der Waals surface area contributed by atoms with Crippen LogP contribution >= 0.6 is 23.2 Å². The number of carbonyl (C=O) groups excluding carboxylic acids is 2. The molecule has 0 saturated heterocycles. The molecule has 162 valence electrons. The summed E-state index contributed by atoms with van der Waals surface area (Å²) in [5.74, 6) is -0.403. The van der Waals surface area contributed by atoms with Gasteiger partial charge in [-0.1, -0.05) is 29.3 Å². The van der Waals surface area contributed by atoms with Crippen LogP contribution in [0.3, 0.4) is 0 Å². The molecule has 1 amide bonds. The molecule has 0 aromatic heterocycles. The number of benzene rings is 2. The maximum absolute atomic E-state index is 12.6. The van der Waals surface area contributed by atoms with Crippen molar-refractivity contribution < 1.29 is 23.8 Å². The third kappa shape index (κ3) is 6.92. The first-order valence-electron chi connectivity index (χ1n) is 9.08. The first kappa shape index (κ1) is 24.1. The number of halogens is 2. The van der Waals surface area contributed by atoms with Crippen molar-refractivity contribution in [3.05, 3.63) is 58.1 Å². The van der Waals surface area contributed by atoms with Crippen LogP contribution in [-0.4, -0.2) is 39.2 Å². The van der Waals surface area contributed by atoms with E-state index in [1.54, 1.807) is 36.4 Å². The van der Waals surface area contributed by atoms with Crippen LogP contribution in [-0.2, 0) is 14.3 Å². The molecule has 0 atom stereocenters. The molecule has 0 aliphatic carbocycles. The molecule has 0 aliphatic rings. The Morgan fingerprint density at radius 1 is 1.16 bits per heavy atom. The van der Waals surface area contributed by atoms with Gasteiger partial charge in [-0.05, 0) is 42.0 Å². The van der Waals surface area contributed by atoms with Crippen molar-refractivity contribution in [2.45, 2.75) is 6.42 Å². The van der Waals surface area contributed by atoms with Crippen LogP contribution in [0.15, 0.2) is 42.5 Å². The summed E-state index contributed by atoms with van der Waals surface area (Å²) >= 11 is 12.1. The molecule has 0 radical (unpaired) electrons. The zero-order chi connectivity index (χ0) is 22.8. The van der Waals surface area contributed by atoms with Gasteiger partial charge in [0.25, 0.3) is 5.91 Å². The van der Waals surface area contributed by atoms with Crippen LogP contribution in [0.1, 0.15) is 12.0 Å². The molecule has 2 aromatic rings. The molecule has 9 heteroatoms. The number of ether oxygens (including phenoxy) is 3. The Bertz CT molecular complexity index is 1020. The van der Waals surface area contributed by atoms with Gasteiger partial charge in [0.1, 0.15) is 0 Å². The van der Waals surface area contributed by atoms with E-state index >= 15 is 0 Å². The fourth-order valence-electron chi connectivity index (χ4n) is 2.66. The molecule has 2 aromatic carbocycles. The Hall–Kier alpha value is -3.21. The van der Waals surface area contributed by atoms with Gasteiger partial charge >= 0.3 is 5.97 Å². The minimum absolute atomic E-state index is 0.117. The van der Waals surface area contributed by atoms with E-state index in [1.165, 1.54) is 31.3 Å². The van der Waals surface area contributed by atoms with Crippen LogP contribution in [0.25, 0.3) is 6.08 Å². The number of rotatable bonds is 9. The predicted octanol–water partition coefficient (Wildman–Crippen LogP) is 4.51. The van der Waals surface area contributed by atoms with Crippen molar-refractivity contribution in [2.24, 2.45) is 0 Å². The van der Waals surface area contributed by atoms with E-state index in [9.17, 15) is 9.59 Å². The van der Waals surface area contributed by atoms with Gasteiger partial charge in [0.05, 0.1) is 31.7 Å². The van der Waals surface area contributed by atoms with Crippen molar-refractivity contribution in [1.82, 2.24) is 0 Å². The molecule has 0 unspecified atom stereocenters. The monoisotopic (exact) mass is 462 g/mol. The number of anilines is 1. The van der Waals surface area contributed by atoms with Crippen LogP contribution in [0.2, 0.25) is 10.0 Å². The number of esters is 1. The Balaban J connectivity index is 2.04. The Labute approximate surface area is 190 Å². The smallest absolute Gasteiger partial charge is 0.331 e. The molecule has 31 heavy (non-hydrogen) atoms. The third-order valence-corrected chi connectivity index (χ3v) is 4.59. The molecule has 0 heterocycles. The van der Waals surface area contributed by atoms with Gasteiger partial charge in [-0.25, -0.2) is 4.79 Å². The first-order valence-corrected chi connectivity index (χ1v) is 9.84. The molecule has 2 rings (SSSR count). The number of nitriles is 1. The van der Waals surface area contributed by atoms with E-state index < -0.39 is 18.5 Å². The SMILES string of the molecule is COc1cc(/C=C/C(=O)OCC(=O)N(CCC#N)c2cccc(Cl)c2)cc(Cl)c1OC. The molecule has 0 aliphatic heterocycles. The number of methoxy groups -OCH3 is 2. The highest BCUT2D eigenvalue weighted by Crippen LogP contribution is 2.36. The molecule has 0 saturated carbocycles. The largest absolute Gasteiger partial charge is 0.493 e. The van der Waals surface area contributed by atoms with Gasteiger partial charge in [0.2, 0.25) is 0 Å². The van der Waals surface area contributed by atoms with E-state index in [1.807, 2.05) is 6.07 Å². The summed E-state index contributed by atoms with van der Waals surface area (Å²) in [6.45, 7) is -0.346. The highest BCUT2D eigenvalue weighted by Gasteiger charge is 2.17. The van der Waals surface area contributed by atoms with Crippen LogP contribution in [0.4, 0.5) is 5.69 Å².